The van der Waals surface area contributed by atoms with E-state index in [4.69, 9.17) is 0 Å². The summed E-state index contributed by atoms with van der Waals surface area (Å²) < 4.78 is 1.93. The van der Waals surface area contributed by atoms with Gasteiger partial charge in [-0.05, 0) is 43.2 Å². The third kappa shape index (κ3) is 3.91. The fourth-order valence-electron chi connectivity index (χ4n) is 2.49. The maximum atomic E-state index is 12.5. The second-order valence-electron chi connectivity index (χ2n) is 5.85. The summed E-state index contributed by atoms with van der Waals surface area (Å²) in [6.45, 7) is 4.11. The Hall–Kier alpha value is -2.60. The van der Waals surface area contributed by atoms with E-state index in [1.807, 2.05) is 34.9 Å². The third-order valence-corrected chi connectivity index (χ3v) is 4.91. The predicted octanol–water partition coefficient (Wildman–Crippen LogP) is 3.64. The third-order valence-electron chi connectivity index (χ3n) is 3.98. The van der Waals surface area contributed by atoms with Crippen LogP contribution < -0.4 is 4.90 Å². The smallest absolute Gasteiger partial charge is 0.237 e. The lowest BCUT2D eigenvalue weighted by Crippen LogP contribution is -2.27. The van der Waals surface area contributed by atoms with E-state index >= 15 is 0 Å². The van der Waals surface area contributed by atoms with Crippen LogP contribution in [0.4, 0.5) is 5.69 Å². The fourth-order valence-corrected chi connectivity index (χ4v) is 3.32. The highest BCUT2D eigenvalue weighted by Crippen LogP contribution is 2.23. The maximum Gasteiger partial charge on any atom is 0.237 e. The van der Waals surface area contributed by atoms with Crippen molar-refractivity contribution in [2.24, 2.45) is 0 Å². The molecule has 0 fully saturated rings. The zero-order valence-electron chi connectivity index (χ0n) is 14.5. The Bertz CT molecular complexity index is 876. The van der Waals surface area contributed by atoms with Gasteiger partial charge < -0.3 is 4.90 Å². The van der Waals surface area contributed by atoms with Crippen LogP contribution in [-0.2, 0) is 4.79 Å². The SMILES string of the molecule is Cc1ccc(C)c(-n2cnnc2SCC(=O)N(C)c2ccccc2)c1. The van der Waals surface area contributed by atoms with E-state index in [0.717, 1.165) is 16.9 Å². The molecule has 128 valence electrons. The highest BCUT2D eigenvalue weighted by Gasteiger charge is 2.15. The van der Waals surface area contributed by atoms with Crippen LogP contribution in [0.5, 0.6) is 0 Å². The Morgan fingerprint density at radius 3 is 2.68 bits per heavy atom. The second-order valence-corrected chi connectivity index (χ2v) is 6.79. The zero-order chi connectivity index (χ0) is 17.8. The van der Waals surface area contributed by atoms with Crippen LogP contribution in [0.2, 0.25) is 0 Å². The van der Waals surface area contributed by atoms with Crippen LogP contribution in [0.15, 0.2) is 60.0 Å². The normalized spacial score (nSPS) is 10.7. The van der Waals surface area contributed by atoms with Crippen LogP contribution in [-0.4, -0.2) is 33.5 Å². The summed E-state index contributed by atoms with van der Waals surface area (Å²) in [6, 6.07) is 15.9. The lowest BCUT2D eigenvalue weighted by molar-refractivity contribution is -0.115. The minimum atomic E-state index is 0.0201. The summed E-state index contributed by atoms with van der Waals surface area (Å²) in [4.78, 5) is 14.1. The number of thioether (sulfide) groups is 1. The number of benzene rings is 2. The lowest BCUT2D eigenvalue weighted by atomic mass is 10.1. The van der Waals surface area contributed by atoms with Crippen molar-refractivity contribution >= 4 is 23.4 Å². The van der Waals surface area contributed by atoms with Gasteiger partial charge in [-0.25, -0.2) is 0 Å². The number of aromatic nitrogens is 3. The maximum absolute atomic E-state index is 12.5. The fraction of sp³-hybridized carbons (Fsp3) is 0.211. The molecule has 0 radical (unpaired) electrons. The van der Waals surface area contributed by atoms with Crippen molar-refractivity contribution in [1.82, 2.24) is 14.8 Å². The van der Waals surface area contributed by atoms with Crippen LogP contribution in [0.25, 0.3) is 5.69 Å². The number of nitrogens with zero attached hydrogens (tertiary/aromatic N) is 4. The van der Waals surface area contributed by atoms with Crippen LogP contribution in [0.1, 0.15) is 11.1 Å². The largest absolute Gasteiger partial charge is 0.315 e. The van der Waals surface area contributed by atoms with Gasteiger partial charge in [-0.15, -0.1) is 10.2 Å². The molecule has 1 aromatic heterocycles. The van der Waals surface area contributed by atoms with Crippen LogP contribution in [0, 0.1) is 13.8 Å². The predicted molar refractivity (Wildman–Crippen MR) is 101 cm³/mol. The molecule has 0 aliphatic heterocycles. The first kappa shape index (κ1) is 17.2. The number of amides is 1. The second kappa shape index (κ2) is 7.53. The summed E-state index contributed by atoms with van der Waals surface area (Å²) in [5.41, 5.74) is 4.23. The Kier molecular flexibility index (Phi) is 5.19. The van der Waals surface area contributed by atoms with E-state index in [2.05, 4.69) is 42.2 Å². The molecule has 0 aliphatic rings. The van der Waals surface area contributed by atoms with Gasteiger partial charge in [-0.2, -0.15) is 0 Å². The number of rotatable bonds is 5. The highest BCUT2D eigenvalue weighted by molar-refractivity contribution is 7.99. The molecule has 0 bridgehead atoms. The minimum Gasteiger partial charge on any atom is -0.315 e. The number of hydrogen-bond donors (Lipinski definition) is 0. The van der Waals surface area contributed by atoms with E-state index in [9.17, 15) is 4.79 Å². The van der Waals surface area contributed by atoms with E-state index in [1.54, 1.807) is 18.3 Å². The molecule has 0 atom stereocenters. The molecule has 0 saturated heterocycles. The quantitative estimate of drug-likeness (QED) is 0.658. The molecule has 1 amide bonds. The summed E-state index contributed by atoms with van der Waals surface area (Å²) in [5, 5.41) is 8.90. The van der Waals surface area contributed by atoms with E-state index in [0.29, 0.717) is 10.9 Å². The Labute approximate surface area is 151 Å². The summed E-state index contributed by atoms with van der Waals surface area (Å²) >= 11 is 1.39. The molecule has 3 aromatic rings. The molecule has 6 heteroatoms. The van der Waals surface area contributed by atoms with Gasteiger partial charge in [0.25, 0.3) is 0 Å². The minimum absolute atomic E-state index is 0.0201. The van der Waals surface area contributed by atoms with Gasteiger partial charge in [0.1, 0.15) is 6.33 Å². The molecule has 0 spiro atoms. The lowest BCUT2D eigenvalue weighted by Gasteiger charge is -2.17. The molecule has 3 rings (SSSR count). The summed E-state index contributed by atoms with van der Waals surface area (Å²) in [6.07, 6.45) is 1.69. The van der Waals surface area contributed by atoms with Gasteiger partial charge in [0, 0.05) is 12.7 Å². The van der Waals surface area contributed by atoms with Gasteiger partial charge in [-0.1, -0.05) is 42.1 Å². The highest BCUT2D eigenvalue weighted by atomic mass is 32.2. The van der Waals surface area contributed by atoms with Crippen LogP contribution in [0.3, 0.4) is 0 Å². The van der Waals surface area contributed by atoms with Gasteiger partial charge in [0.15, 0.2) is 5.16 Å². The van der Waals surface area contributed by atoms with Crippen molar-refractivity contribution < 1.29 is 4.79 Å². The monoisotopic (exact) mass is 352 g/mol. The van der Waals surface area contributed by atoms with Crippen LogP contribution >= 0.6 is 11.8 Å². The average Bonchev–Trinajstić information content (AvgIpc) is 3.10. The number of hydrogen-bond acceptors (Lipinski definition) is 4. The molecular formula is C19H20N4OS. The topological polar surface area (TPSA) is 51.0 Å². The summed E-state index contributed by atoms with van der Waals surface area (Å²) in [5.74, 6) is 0.321. The first-order chi connectivity index (χ1) is 12.1. The Balaban J connectivity index is 1.74. The Morgan fingerprint density at radius 2 is 1.92 bits per heavy atom. The Morgan fingerprint density at radius 1 is 1.16 bits per heavy atom. The van der Waals surface area contributed by atoms with Gasteiger partial charge in [0.05, 0.1) is 11.4 Å². The van der Waals surface area contributed by atoms with Crippen molar-refractivity contribution in [1.29, 1.82) is 0 Å². The molecule has 0 unspecified atom stereocenters. The molecule has 0 N–H and O–H groups in total. The van der Waals surface area contributed by atoms with E-state index < -0.39 is 0 Å². The van der Waals surface area contributed by atoms with E-state index in [-0.39, 0.29) is 5.91 Å². The van der Waals surface area contributed by atoms with Gasteiger partial charge in [-0.3, -0.25) is 9.36 Å². The zero-order valence-corrected chi connectivity index (χ0v) is 15.3. The number of carbonyl (C=O) groups excluding carboxylic acids is 1. The molecule has 5 nitrogen and oxygen atoms in total. The number of para-hydroxylation sites is 1. The standard InChI is InChI=1S/C19H20N4OS/c1-14-9-10-15(2)17(11-14)23-13-20-21-19(23)25-12-18(24)22(3)16-7-5-4-6-8-16/h4-11,13H,12H2,1-3H3. The van der Waals surface area contributed by atoms with Crippen molar-refractivity contribution in [3.8, 4) is 5.69 Å². The van der Waals surface area contributed by atoms with Crippen molar-refractivity contribution in [2.45, 2.75) is 19.0 Å². The van der Waals surface area contributed by atoms with Gasteiger partial charge >= 0.3 is 0 Å². The van der Waals surface area contributed by atoms with Gasteiger partial charge in [0.2, 0.25) is 5.91 Å². The number of carbonyl (C=O) groups is 1. The number of aryl methyl sites for hydroxylation is 2. The van der Waals surface area contributed by atoms with E-state index in [1.165, 1.54) is 17.3 Å². The number of anilines is 1. The molecule has 0 saturated carbocycles. The summed E-state index contributed by atoms with van der Waals surface area (Å²) in [7, 11) is 1.79. The van der Waals surface area contributed by atoms with Crippen molar-refractivity contribution in [2.75, 3.05) is 17.7 Å². The molecule has 0 aliphatic carbocycles. The molecule has 1 heterocycles. The molecule has 25 heavy (non-hydrogen) atoms. The van der Waals surface area contributed by atoms with Crippen molar-refractivity contribution in [3.05, 3.63) is 66.0 Å². The first-order valence-electron chi connectivity index (χ1n) is 7.98. The molecule has 2 aromatic carbocycles. The van der Waals surface area contributed by atoms with Crippen molar-refractivity contribution in [3.63, 3.8) is 0 Å². The first-order valence-corrected chi connectivity index (χ1v) is 8.97. The molecular weight excluding hydrogens is 332 g/mol. The average molecular weight is 352 g/mol.